The average Bonchev–Trinajstić information content (AvgIpc) is 2.38. The number of nitrogens with one attached hydrogen (secondary N) is 1. The molecule has 1 rings (SSSR count). The molecule has 2 nitrogen and oxygen atoms in total. The predicted molar refractivity (Wildman–Crippen MR) is 73.5 cm³/mol. The zero-order valence-electron chi connectivity index (χ0n) is 11.2. The molecule has 0 fully saturated rings. The molecular formula is C15H21F2NO. The van der Waals surface area contributed by atoms with Gasteiger partial charge in [-0.2, -0.15) is 8.78 Å². The van der Waals surface area contributed by atoms with Crippen molar-refractivity contribution in [1.82, 2.24) is 5.32 Å². The van der Waals surface area contributed by atoms with Crippen molar-refractivity contribution >= 4 is 0 Å². The Labute approximate surface area is 113 Å². The van der Waals surface area contributed by atoms with Crippen molar-refractivity contribution in [3.63, 3.8) is 0 Å². The average molecular weight is 269 g/mol. The highest BCUT2D eigenvalue weighted by molar-refractivity contribution is 5.30. The highest BCUT2D eigenvalue weighted by Crippen LogP contribution is 2.24. The quantitative estimate of drug-likeness (QED) is 0.675. The minimum atomic E-state index is -2.79. The largest absolute Gasteiger partial charge is 0.435 e. The molecule has 0 aliphatic heterocycles. The van der Waals surface area contributed by atoms with Crippen molar-refractivity contribution in [2.45, 2.75) is 38.8 Å². The van der Waals surface area contributed by atoms with Crippen molar-refractivity contribution in [3.8, 4) is 5.75 Å². The zero-order valence-corrected chi connectivity index (χ0v) is 11.2. The normalized spacial score (nSPS) is 12.4. The van der Waals surface area contributed by atoms with E-state index < -0.39 is 6.61 Å². The van der Waals surface area contributed by atoms with E-state index >= 15 is 0 Å². The first-order valence-corrected chi connectivity index (χ1v) is 6.56. The van der Waals surface area contributed by atoms with Gasteiger partial charge in [0.25, 0.3) is 0 Å². The lowest BCUT2D eigenvalue weighted by Gasteiger charge is -2.19. The van der Waals surface area contributed by atoms with E-state index in [0.29, 0.717) is 0 Å². The summed E-state index contributed by atoms with van der Waals surface area (Å²) in [5.41, 5.74) is 0.966. The Hall–Kier alpha value is -1.42. The van der Waals surface area contributed by atoms with E-state index in [4.69, 9.17) is 0 Å². The molecule has 0 bridgehead atoms. The number of halogens is 2. The lowest BCUT2D eigenvalue weighted by molar-refractivity contribution is -0.0499. The number of alkyl halides is 2. The molecule has 0 aliphatic rings. The van der Waals surface area contributed by atoms with Crippen molar-refractivity contribution in [3.05, 3.63) is 42.5 Å². The van der Waals surface area contributed by atoms with E-state index in [0.717, 1.165) is 31.4 Å². The van der Waals surface area contributed by atoms with Crippen LogP contribution < -0.4 is 10.1 Å². The molecule has 1 atom stereocenters. The summed E-state index contributed by atoms with van der Waals surface area (Å²) in [6, 6.07) is 7.01. The lowest BCUT2D eigenvalue weighted by atomic mass is 10.0. The van der Waals surface area contributed by atoms with Gasteiger partial charge < -0.3 is 10.1 Å². The number of rotatable bonds is 9. The maximum Gasteiger partial charge on any atom is 0.387 e. The first-order valence-electron chi connectivity index (χ1n) is 6.56. The van der Waals surface area contributed by atoms with Gasteiger partial charge in [0.2, 0.25) is 0 Å². The summed E-state index contributed by atoms with van der Waals surface area (Å²) >= 11 is 0. The third kappa shape index (κ3) is 5.83. The van der Waals surface area contributed by atoms with Crippen LogP contribution in [-0.4, -0.2) is 13.2 Å². The summed E-state index contributed by atoms with van der Waals surface area (Å²) in [7, 11) is 0. The number of hydrogen-bond acceptors (Lipinski definition) is 2. The number of benzene rings is 1. The van der Waals surface area contributed by atoms with E-state index in [1.54, 1.807) is 18.2 Å². The first kappa shape index (κ1) is 15.6. The third-order valence-corrected chi connectivity index (χ3v) is 2.79. The van der Waals surface area contributed by atoms with E-state index in [1.807, 2.05) is 12.1 Å². The summed E-state index contributed by atoms with van der Waals surface area (Å²) in [6.07, 6.45) is 4.65. The van der Waals surface area contributed by atoms with Crippen LogP contribution in [0.15, 0.2) is 36.9 Å². The molecule has 1 N–H and O–H groups in total. The van der Waals surface area contributed by atoms with Gasteiger partial charge in [0.15, 0.2) is 0 Å². The van der Waals surface area contributed by atoms with Crippen LogP contribution in [0, 0.1) is 0 Å². The van der Waals surface area contributed by atoms with Gasteiger partial charge in [0.1, 0.15) is 5.75 Å². The Morgan fingerprint density at radius 1 is 1.42 bits per heavy atom. The molecule has 106 valence electrons. The summed E-state index contributed by atoms with van der Waals surface area (Å²) in [6.45, 7) is 3.91. The first-order chi connectivity index (χ1) is 9.17. The molecule has 0 aliphatic carbocycles. The number of hydrogen-bond donors (Lipinski definition) is 1. The van der Waals surface area contributed by atoms with Crippen molar-refractivity contribution < 1.29 is 13.5 Å². The standard InChI is InChI=1S/C15H21F2NO/c1-3-5-9-14(18-10-4-2)12-7-6-8-13(11-12)19-15(16)17/h3,6-8,11,14-15,18H,1,4-5,9-10H2,2H3. The van der Waals surface area contributed by atoms with E-state index in [-0.39, 0.29) is 11.8 Å². The smallest absolute Gasteiger partial charge is 0.387 e. The minimum absolute atomic E-state index is 0.138. The molecule has 0 aromatic heterocycles. The number of ether oxygens (including phenoxy) is 1. The maximum atomic E-state index is 12.2. The Bertz CT molecular complexity index is 382. The highest BCUT2D eigenvalue weighted by atomic mass is 19.3. The molecule has 1 unspecified atom stereocenters. The SMILES string of the molecule is C=CCCC(NCCC)c1cccc(OC(F)F)c1. The third-order valence-electron chi connectivity index (χ3n) is 2.79. The monoisotopic (exact) mass is 269 g/mol. The molecule has 1 aromatic rings. The van der Waals surface area contributed by atoms with Crippen LogP contribution in [0.2, 0.25) is 0 Å². The summed E-state index contributed by atoms with van der Waals surface area (Å²) in [4.78, 5) is 0. The Kier molecular flexibility index (Phi) is 7.11. The van der Waals surface area contributed by atoms with E-state index in [2.05, 4.69) is 23.6 Å². The maximum absolute atomic E-state index is 12.2. The van der Waals surface area contributed by atoms with Crippen LogP contribution >= 0.6 is 0 Å². The highest BCUT2D eigenvalue weighted by Gasteiger charge is 2.12. The molecule has 0 spiro atoms. The summed E-state index contributed by atoms with van der Waals surface area (Å²) < 4.78 is 28.8. The summed E-state index contributed by atoms with van der Waals surface area (Å²) in [5.74, 6) is 0.203. The van der Waals surface area contributed by atoms with Gasteiger partial charge in [-0.25, -0.2) is 0 Å². The van der Waals surface area contributed by atoms with Gasteiger partial charge in [-0.15, -0.1) is 6.58 Å². The predicted octanol–water partition coefficient (Wildman–Crippen LogP) is 4.29. The fourth-order valence-electron chi connectivity index (χ4n) is 1.90. The zero-order chi connectivity index (χ0) is 14.1. The Morgan fingerprint density at radius 3 is 2.84 bits per heavy atom. The van der Waals surface area contributed by atoms with Crippen LogP contribution in [0.1, 0.15) is 37.8 Å². The van der Waals surface area contributed by atoms with Gasteiger partial charge in [-0.3, -0.25) is 0 Å². The fourth-order valence-corrected chi connectivity index (χ4v) is 1.90. The molecule has 4 heteroatoms. The molecule has 0 amide bonds. The van der Waals surface area contributed by atoms with Crippen LogP contribution in [0.5, 0.6) is 5.75 Å². The molecule has 0 saturated carbocycles. The second-order valence-electron chi connectivity index (χ2n) is 4.32. The van der Waals surface area contributed by atoms with Crippen LogP contribution in [0.25, 0.3) is 0 Å². The molecule has 0 radical (unpaired) electrons. The minimum Gasteiger partial charge on any atom is -0.435 e. The summed E-state index contributed by atoms with van der Waals surface area (Å²) in [5, 5.41) is 3.41. The number of allylic oxidation sites excluding steroid dienone is 1. The van der Waals surface area contributed by atoms with Gasteiger partial charge in [-0.1, -0.05) is 25.1 Å². The van der Waals surface area contributed by atoms with Gasteiger partial charge in [0.05, 0.1) is 0 Å². The van der Waals surface area contributed by atoms with Crippen molar-refractivity contribution in [2.24, 2.45) is 0 Å². The second-order valence-corrected chi connectivity index (χ2v) is 4.32. The van der Waals surface area contributed by atoms with Crippen molar-refractivity contribution in [2.75, 3.05) is 6.54 Å². The van der Waals surface area contributed by atoms with E-state index in [1.165, 1.54) is 0 Å². The van der Waals surface area contributed by atoms with Crippen molar-refractivity contribution in [1.29, 1.82) is 0 Å². The van der Waals surface area contributed by atoms with Crippen LogP contribution in [0.3, 0.4) is 0 Å². The second kappa shape index (κ2) is 8.64. The van der Waals surface area contributed by atoms with Gasteiger partial charge >= 0.3 is 6.61 Å². The molecule has 19 heavy (non-hydrogen) atoms. The molecule has 1 aromatic carbocycles. The molecule has 0 heterocycles. The van der Waals surface area contributed by atoms with E-state index in [9.17, 15) is 8.78 Å². The topological polar surface area (TPSA) is 21.3 Å². The Balaban J connectivity index is 2.78. The van der Waals surface area contributed by atoms with Gasteiger partial charge in [-0.05, 0) is 43.5 Å². The lowest BCUT2D eigenvalue weighted by Crippen LogP contribution is -2.22. The van der Waals surface area contributed by atoms with Crippen LogP contribution in [-0.2, 0) is 0 Å². The molecule has 0 saturated heterocycles. The van der Waals surface area contributed by atoms with Gasteiger partial charge in [0, 0.05) is 6.04 Å². The fraction of sp³-hybridized carbons (Fsp3) is 0.467. The Morgan fingerprint density at radius 2 is 2.21 bits per heavy atom. The molecular weight excluding hydrogens is 248 g/mol. The van der Waals surface area contributed by atoms with Crippen LogP contribution in [0.4, 0.5) is 8.78 Å².